The number of hydrogen-bond acceptors (Lipinski definition) is 2. The second-order valence-electron chi connectivity index (χ2n) is 3.94. The van der Waals surface area contributed by atoms with E-state index < -0.39 is 18.0 Å². The van der Waals surface area contributed by atoms with Crippen LogP contribution >= 0.6 is 15.9 Å². The molecule has 0 aliphatic carbocycles. The highest BCUT2D eigenvalue weighted by Crippen LogP contribution is 2.32. The lowest BCUT2D eigenvalue weighted by atomic mass is 9.84. The Morgan fingerprint density at radius 1 is 1.31 bits per heavy atom. The van der Waals surface area contributed by atoms with Crippen LogP contribution in [0.5, 0.6) is 0 Å². The van der Waals surface area contributed by atoms with Gasteiger partial charge in [0.1, 0.15) is 0 Å². The number of benzene rings is 1. The summed E-state index contributed by atoms with van der Waals surface area (Å²) >= 11 is 3.34. The van der Waals surface area contributed by atoms with Crippen molar-refractivity contribution in [3.63, 3.8) is 0 Å². The van der Waals surface area contributed by atoms with Crippen LogP contribution in [0, 0.1) is 5.92 Å². The second kappa shape index (κ2) is 5.46. The summed E-state index contributed by atoms with van der Waals surface area (Å²) in [5.74, 6) is -1.95. The second-order valence-corrected chi connectivity index (χ2v) is 4.79. The molecule has 0 aliphatic heterocycles. The van der Waals surface area contributed by atoms with Crippen molar-refractivity contribution in [1.82, 2.24) is 0 Å². The van der Waals surface area contributed by atoms with E-state index in [1.165, 1.54) is 0 Å². The summed E-state index contributed by atoms with van der Waals surface area (Å²) < 4.78 is 0.759. The number of hydrogen-bond donors (Lipinski definition) is 2. The highest BCUT2D eigenvalue weighted by Gasteiger charge is 2.30. The first-order chi connectivity index (χ1) is 7.45. The van der Waals surface area contributed by atoms with Crippen LogP contribution in [0.4, 0.5) is 0 Å². The third-order valence-electron chi connectivity index (χ3n) is 2.79. The molecule has 1 aromatic rings. The van der Waals surface area contributed by atoms with Gasteiger partial charge in [-0.2, -0.15) is 0 Å². The van der Waals surface area contributed by atoms with E-state index in [-0.39, 0.29) is 5.92 Å². The summed E-state index contributed by atoms with van der Waals surface area (Å²) in [6, 6.07) is 7.20. The molecule has 2 N–H and O–H groups in total. The summed E-state index contributed by atoms with van der Waals surface area (Å²) in [4.78, 5) is 11.3. The Bertz CT molecular complexity index is 376. The van der Waals surface area contributed by atoms with Gasteiger partial charge < -0.3 is 10.2 Å². The minimum Gasteiger partial charge on any atom is -0.481 e. The minimum atomic E-state index is -0.916. The first-order valence-corrected chi connectivity index (χ1v) is 5.89. The average molecular weight is 287 g/mol. The third-order valence-corrected chi connectivity index (χ3v) is 3.52. The van der Waals surface area contributed by atoms with Gasteiger partial charge in [0.2, 0.25) is 0 Å². The number of rotatable bonds is 4. The average Bonchev–Trinajstić information content (AvgIpc) is 2.20. The molecule has 4 heteroatoms. The molecule has 0 fully saturated rings. The number of aliphatic carboxylic acids is 1. The first kappa shape index (κ1) is 13.2. The predicted molar refractivity (Wildman–Crippen MR) is 65.4 cm³/mol. The Labute approximate surface area is 103 Å². The van der Waals surface area contributed by atoms with Gasteiger partial charge in [-0.1, -0.05) is 41.1 Å². The van der Waals surface area contributed by atoms with Crippen LogP contribution < -0.4 is 0 Å². The van der Waals surface area contributed by atoms with Gasteiger partial charge in [0.25, 0.3) is 0 Å². The maximum absolute atomic E-state index is 11.3. The summed E-state index contributed by atoms with van der Waals surface area (Å²) in [7, 11) is 0. The lowest BCUT2D eigenvalue weighted by Crippen LogP contribution is -2.27. The molecular weight excluding hydrogens is 272 g/mol. The zero-order valence-corrected chi connectivity index (χ0v) is 10.8. The van der Waals surface area contributed by atoms with E-state index in [0.717, 1.165) is 4.47 Å². The zero-order chi connectivity index (χ0) is 12.3. The summed E-state index contributed by atoms with van der Waals surface area (Å²) in [6.45, 7) is 3.35. The molecule has 1 rings (SSSR count). The van der Waals surface area contributed by atoms with Crippen molar-refractivity contribution in [1.29, 1.82) is 0 Å². The summed E-state index contributed by atoms with van der Waals surface area (Å²) in [5, 5.41) is 18.8. The van der Waals surface area contributed by atoms with E-state index in [2.05, 4.69) is 15.9 Å². The maximum Gasteiger partial charge on any atom is 0.311 e. The molecule has 0 aromatic heterocycles. The zero-order valence-electron chi connectivity index (χ0n) is 9.22. The normalized spacial score (nSPS) is 16.5. The Balaban J connectivity index is 3.13. The molecular formula is C12H15BrO3. The van der Waals surface area contributed by atoms with Crippen LogP contribution in [-0.2, 0) is 4.79 Å². The molecule has 3 atom stereocenters. The van der Waals surface area contributed by atoms with Crippen molar-refractivity contribution in [2.24, 2.45) is 5.92 Å². The highest BCUT2D eigenvalue weighted by atomic mass is 79.9. The lowest BCUT2D eigenvalue weighted by Gasteiger charge is -2.23. The van der Waals surface area contributed by atoms with Gasteiger partial charge >= 0.3 is 5.97 Å². The van der Waals surface area contributed by atoms with Crippen LogP contribution in [0.1, 0.15) is 25.3 Å². The Hall–Kier alpha value is -0.870. The molecule has 0 saturated carbocycles. The molecule has 0 spiro atoms. The standard InChI is InChI=1S/C12H15BrO3/c1-7(8(2)14)11(12(15)16)9-5-3-4-6-10(9)13/h3-8,11,14H,1-2H3,(H,15,16). The van der Waals surface area contributed by atoms with Crippen LogP contribution in [0.3, 0.4) is 0 Å². The van der Waals surface area contributed by atoms with E-state index in [4.69, 9.17) is 0 Å². The van der Waals surface area contributed by atoms with E-state index in [9.17, 15) is 15.0 Å². The molecule has 0 aliphatic rings. The highest BCUT2D eigenvalue weighted by molar-refractivity contribution is 9.10. The molecule has 0 heterocycles. The topological polar surface area (TPSA) is 57.5 Å². The number of carbonyl (C=O) groups is 1. The minimum absolute atomic E-state index is 0.337. The molecule has 16 heavy (non-hydrogen) atoms. The fourth-order valence-electron chi connectivity index (χ4n) is 1.65. The first-order valence-electron chi connectivity index (χ1n) is 5.10. The van der Waals surface area contributed by atoms with Crippen molar-refractivity contribution in [2.45, 2.75) is 25.9 Å². The quantitative estimate of drug-likeness (QED) is 0.895. The monoisotopic (exact) mass is 286 g/mol. The smallest absolute Gasteiger partial charge is 0.311 e. The van der Waals surface area contributed by atoms with Crippen LogP contribution in [0.2, 0.25) is 0 Å². The van der Waals surface area contributed by atoms with Gasteiger partial charge in [0.05, 0.1) is 12.0 Å². The van der Waals surface area contributed by atoms with Crippen molar-refractivity contribution >= 4 is 21.9 Å². The number of carboxylic acids is 1. The number of aliphatic hydroxyl groups excluding tert-OH is 1. The van der Waals surface area contributed by atoms with Gasteiger partial charge in [-0.15, -0.1) is 0 Å². The largest absolute Gasteiger partial charge is 0.481 e. The number of carboxylic acid groups (broad SMARTS) is 1. The Morgan fingerprint density at radius 3 is 2.31 bits per heavy atom. The van der Waals surface area contributed by atoms with Crippen LogP contribution in [0.15, 0.2) is 28.7 Å². The van der Waals surface area contributed by atoms with Crippen molar-refractivity contribution in [3.05, 3.63) is 34.3 Å². The SMILES string of the molecule is CC(O)C(C)C(C(=O)O)c1ccccc1Br. The Kier molecular flexibility index (Phi) is 4.50. The predicted octanol–water partition coefficient (Wildman–Crippen LogP) is 2.63. The fraction of sp³-hybridized carbons (Fsp3) is 0.417. The number of aliphatic hydroxyl groups is 1. The van der Waals surface area contributed by atoms with Crippen LogP contribution in [-0.4, -0.2) is 22.3 Å². The summed E-state index contributed by atoms with van der Waals surface area (Å²) in [6.07, 6.45) is -0.659. The van der Waals surface area contributed by atoms with Crippen LogP contribution in [0.25, 0.3) is 0 Å². The maximum atomic E-state index is 11.3. The number of halogens is 1. The van der Waals surface area contributed by atoms with E-state index in [1.807, 2.05) is 6.07 Å². The van der Waals surface area contributed by atoms with Gasteiger partial charge in [0.15, 0.2) is 0 Å². The lowest BCUT2D eigenvalue weighted by molar-refractivity contribution is -0.141. The van der Waals surface area contributed by atoms with E-state index in [0.29, 0.717) is 5.56 Å². The van der Waals surface area contributed by atoms with E-state index in [1.54, 1.807) is 32.0 Å². The third kappa shape index (κ3) is 2.83. The molecule has 1 aromatic carbocycles. The van der Waals surface area contributed by atoms with Crippen molar-refractivity contribution in [3.8, 4) is 0 Å². The van der Waals surface area contributed by atoms with Crippen molar-refractivity contribution < 1.29 is 15.0 Å². The molecule has 0 radical (unpaired) electrons. The van der Waals surface area contributed by atoms with Gasteiger partial charge in [-0.3, -0.25) is 4.79 Å². The molecule has 88 valence electrons. The molecule has 3 nitrogen and oxygen atoms in total. The molecule has 3 unspecified atom stereocenters. The van der Waals surface area contributed by atoms with Gasteiger partial charge in [-0.05, 0) is 24.5 Å². The van der Waals surface area contributed by atoms with Gasteiger partial charge in [-0.25, -0.2) is 0 Å². The molecule has 0 saturated heterocycles. The van der Waals surface area contributed by atoms with E-state index >= 15 is 0 Å². The van der Waals surface area contributed by atoms with Crippen molar-refractivity contribution in [2.75, 3.05) is 0 Å². The summed E-state index contributed by atoms with van der Waals surface area (Å²) in [5.41, 5.74) is 0.698. The fourth-order valence-corrected chi connectivity index (χ4v) is 2.18. The van der Waals surface area contributed by atoms with Gasteiger partial charge in [0, 0.05) is 4.47 Å². The Morgan fingerprint density at radius 2 is 1.88 bits per heavy atom. The molecule has 0 bridgehead atoms. The molecule has 0 amide bonds.